The van der Waals surface area contributed by atoms with E-state index in [0.29, 0.717) is 17.1 Å². The van der Waals surface area contributed by atoms with Gasteiger partial charge in [0.25, 0.3) is 0 Å². The van der Waals surface area contributed by atoms with Crippen molar-refractivity contribution in [2.75, 3.05) is 11.6 Å². The lowest BCUT2D eigenvalue weighted by molar-refractivity contribution is 1.24. The summed E-state index contributed by atoms with van der Waals surface area (Å²) < 4.78 is 0. The Morgan fingerprint density at radius 3 is 2.93 bits per heavy atom. The van der Waals surface area contributed by atoms with Gasteiger partial charge in [0.05, 0.1) is 11.6 Å². The minimum atomic E-state index is 0.592. The summed E-state index contributed by atoms with van der Waals surface area (Å²) in [5.41, 5.74) is 7.89. The number of hydrogen-bond donors (Lipinski definition) is 1. The Bertz CT molecular complexity index is 377. The predicted molar refractivity (Wildman–Crippen MR) is 59.9 cm³/mol. The van der Waals surface area contributed by atoms with Gasteiger partial charge >= 0.3 is 0 Å². The highest BCUT2D eigenvalue weighted by atomic mass is 35.5. The summed E-state index contributed by atoms with van der Waals surface area (Å²) in [6, 6.07) is 7.27. The van der Waals surface area contributed by atoms with Crippen molar-refractivity contribution in [3.8, 4) is 6.07 Å². The Balaban J connectivity index is 2.90. The lowest BCUT2D eigenvalue weighted by atomic mass is 10.1. The molecule has 0 saturated carbocycles. The molecule has 0 unspecified atom stereocenters. The molecule has 0 bridgehead atoms. The van der Waals surface area contributed by atoms with Crippen molar-refractivity contribution in [3.05, 3.63) is 35.4 Å². The molecule has 0 aliphatic carbocycles. The number of anilines is 1. The highest BCUT2D eigenvalue weighted by Crippen LogP contribution is 2.15. The van der Waals surface area contributed by atoms with Crippen molar-refractivity contribution in [1.82, 2.24) is 0 Å². The van der Waals surface area contributed by atoms with Crippen LogP contribution in [0.4, 0.5) is 5.69 Å². The van der Waals surface area contributed by atoms with E-state index >= 15 is 0 Å². The standard InChI is InChI=1S/C11H11ClN2/c12-6-2-1-3-10-7-9(8-13)4-5-11(10)14/h1,3-5,7H,2,6,14H2. The monoisotopic (exact) mass is 206 g/mol. The minimum Gasteiger partial charge on any atom is -0.398 e. The third-order valence-electron chi connectivity index (χ3n) is 1.79. The fraction of sp³-hybridized carbons (Fsp3) is 0.182. The summed E-state index contributed by atoms with van der Waals surface area (Å²) in [6.45, 7) is 0. The van der Waals surface area contributed by atoms with Crippen LogP contribution in [-0.2, 0) is 0 Å². The van der Waals surface area contributed by atoms with Crippen LogP contribution >= 0.6 is 11.6 Å². The largest absolute Gasteiger partial charge is 0.398 e. The van der Waals surface area contributed by atoms with Crippen molar-refractivity contribution in [2.45, 2.75) is 6.42 Å². The molecule has 0 fully saturated rings. The Kier molecular flexibility index (Phi) is 4.03. The number of benzene rings is 1. The molecule has 1 aromatic carbocycles. The molecule has 0 aliphatic rings. The number of nitrogen functional groups attached to an aromatic ring is 1. The van der Waals surface area contributed by atoms with E-state index in [0.717, 1.165) is 12.0 Å². The number of rotatable bonds is 3. The summed E-state index contributed by atoms with van der Waals surface area (Å²) in [5.74, 6) is 0.592. The van der Waals surface area contributed by atoms with Gasteiger partial charge in [0.15, 0.2) is 0 Å². The first-order chi connectivity index (χ1) is 6.77. The maximum atomic E-state index is 8.69. The minimum absolute atomic E-state index is 0.592. The van der Waals surface area contributed by atoms with Crippen LogP contribution < -0.4 is 5.73 Å². The zero-order chi connectivity index (χ0) is 10.4. The summed E-state index contributed by atoms with van der Waals surface area (Å²) in [4.78, 5) is 0. The van der Waals surface area contributed by atoms with Gasteiger partial charge in [-0.25, -0.2) is 0 Å². The van der Waals surface area contributed by atoms with E-state index < -0.39 is 0 Å². The quantitative estimate of drug-likeness (QED) is 0.611. The third-order valence-corrected chi connectivity index (χ3v) is 2.01. The van der Waals surface area contributed by atoms with Crippen LogP contribution in [0.1, 0.15) is 17.5 Å². The van der Waals surface area contributed by atoms with Gasteiger partial charge in [-0.05, 0) is 30.2 Å². The van der Waals surface area contributed by atoms with Crippen molar-refractivity contribution in [1.29, 1.82) is 5.26 Å². The van der Waals surface area contributed by atoms with Crippen LogP contribution in [0, 0.1) is 11.3 Å². The Hall–Kier alpha value is -1.46. The summed E-state index contributed by atoms with van der Waals surface area (Å²) in [7, 11) is 0. The summed E-state index contributed by atoms with van der Waals surface area (Å²) >= 11 is 5.53. The lowest BCUT2D eigenvalue weighted by Gasteiger charge is -1.99. The normalized spacial score (nSPS) is 10.3. The molecule has 1 rings (SSSR count). The molecule has 0 aliphatic heterocycles. The molecule has 14 heavy (non-hydrogen) atoms. The van der Waals surface area contributed by atoms with Gasteiger partial charge in [0.1, 0.15) is 0 Å². The smallest absolute Gasteiger partial charge is 0.0991 e. The van der Waals surface area contributed by atoms with E-state index in [2.05, 4.69) is 6.07 Å². The molecule has 2 N–H and O–H groups in total. The molecule has 0 saturated heterocycles. The summed E-state index contributed by atoms with van der Waals surface area (Å²) in [6.07, 6.45) is 4.64. The molecular weight excluding hydrogens is 196 g/mol. The van der Waals surface area contributed by atoms with Crippen LogP contribution in [0.3, 0.4) is 0 Å². The fourth-order valence-corrected chi connectivity index (χ4v) is 1.19. The molecule has 0 atom stereocenters. The maximum Gasteiger partial charge on any atom is 0.0991 e. The van der Waals surface area contributed by atoms with Gasteiger partial charge in [-0.3, -0.25) is 0 Å². The van der Waals surface area contributed by atoms with E-state index in [1.54, 1.807) is 18.2 Å². The van der Waals surface area contributed by atoms with Crippen LogP contribution in [0.2, 0.25) is 0 Å². The number of nitrogens with two attached hydrogens (primary N) is 1. The van der Waals surface area contributed by atoms with Crippen molar-refractivity contribution in [3.63, 3.8) is 0 Å². The molecule has 72 valence electrons. The first kappa shape index (κ1) is 10.6. The highest BCUT2D eigenvalue weighted by molar-refractivity contribution is 6.17. The van der Waals surface area contributed by atoms with E-state index in [9.17, 15) is 0 Å². The van der Waals surface area contributed by atoms with Gasteiger partial charge < -0.3 is 5.73 Å². The lowest BCUT2D eigenvalue weighted by Crippen LogP contribution is -1.89. The number of halogens is 1. The topological polar surface area (TPSA) is 49.8 Å². The molecule has 3 heteroatoms. The van der Waals surface area contributed by atoms with Crippen molar-refractivity contribution >= 4 is 23.4 Å². The van der Waals surface area contributed by atoms with Gasteiger partial charge in [-0.15, -0.1) is 11.6 Å². The maximum absolute atomic E-state index is 8.69. The molecule has 0 spiro atoms. The molecule has 2 nitrogen and oxygen atoms in total. The number of allylic oxidation sites excluding steroid dienone is 1. The number of hydrogen-bond acceptors (Lipinski definition) is 2. The van der Waals surface area contributed by atoms with Crippen molar-refractivity contribution in [2.24, 2.45) is 0 Å². The van der Waals surface area contributed by atoms with Crippen LogP contribution in [0.15, 0.2) is 24.3 Å². The second-order valence-corrected chi connectivity index (χ2v) is 3.21. The Labute approximate surface area is 88.6 Å². The third kappa shape index (κ3) is 2.79. The van der Waals surface area contributed by atoms with E-state index in [4.69, 9.17) is 22.6 Å². The van der Waals surface area contributed by atoms with Gasteiger partial charge in [0, 0.05) is 11.6 Å². The molecule has 0 aromatic heterocycles. The first-order valence-corrected chi connectivity index (χ1v) is 4.83. The van der Waals surface area contributed by atoms with Gasteiger partial charge in [-0.1, -0.05) is 12.2 Å². The van der Waals surface area contributed by atoms with E-state index in [1.165, 1.54) is 0 Å². The Morgan fingerprint density at radius 2 is 2.29 bits per heavy atom. The zero-order valence-corrected chi connectivity index (χ0v) is 8.46. The SMILES string of the molecule is N#Cc1ccc(N)c(C=CCCCl)c1. The fourth-order valence-electron chi connectivity index (χ4n) is 1.06. The number of alkyl halides is 1. The van der Waals surface area contributed by atoms with E-state index in [-0.39, 0.29) is 0 Å². The average molecular weight is 207 g/mol. The van der Waals surface area contributed by atoms with Crippen LogP contribution in [0.25, 0.3) is 6.08 Å². The number of nitriles is 1. The second-order valence-electron chi connectivity index (χ2n) is 2.84. The van der Waals surface area contributed by atoms with Crippen molar-refractivity contribution < 1.29 is 0 Å². The van der Waals surface area contributed by atoms with Gasteiger partial charge in [0.2, 0.25) is 0 Å². The van der Waals surface area contributed by atoms with Gasteiger partial charge in [-0.2, -0.15) is 5.26 Å². The van der Waals surface area contributed by atoms with E-state index in [1.807, 2.05) is 12.2 Å². The molecule has 1 aromatic rings. The second kappa shape index (κ2) is 5.31. The zero-order valence-electron chi connectivity index (χ0n) is 7.70. The average Bonchev–Trinajstić information content (AvgIpc) is 2.21. The predicted octanol–water partition coefficient (Wildman–Crippen LogP) is 2.78. The molecular formula is C11H11ClN2. The molecule has 0 amide bonds. The molecule has 0 heterocycles. The van der Waals surface area contributed by atoms with Crippen LogP contribution in [-0.4, -0.2) is 5.88 Å². The van der Waals surface area contributed by atoms with Crippen LogP contribution in [0.5, 0.6) is 0 Å². The number of nitrogens with zero attached hydrogens (tertiary/aromatic N) is 1. The highest BCUT2D eigenvalue weighted by Gasteiger charge is 1.96. The molecule has 0 radical (unpaired) electrons. The first-order valence-electron chi connectivity index (χ1n) is 4.30. The summed E-state index contributed by atoms with van der Waals surface area (Å²) in [5, 5.41) is 8.69. The Morgan fingerprint density at radius 1 is 1.50 bits per heavy atom.